The van der Waals surface area contributed by atoms with Crippen molar-refractivity contribution in [2.75, 3.05) is 13.7 Å². The number of rotatable bonds is 3. The van der Waals surface area contributed by atoms with Gasteiger partial charge >= 0.3 is 0 Å². The quantitative estimate of drug-likeness (QED) is 0.586. The van der Waals surface area contributed by atoms with Crippen molar-refractivity contribution in [3.8, 4) is 0 Å². The molecule has 0 saturated carbocycles. The van der Waals surface area contributed by atoms with E-state index in [-0.39, 0.29) is 84.7 Å². The van der Waals surface area contributed by atoms with Gasteiger partial charge in [0.1, 0.15) is 0 Å². The molecule has 0 amide bonds. The van der Waals surface area contributed by atoms with Crippen LogP contribution in [0.1, 0.15) is 65.3 Å². The topological polar surface area (TPSA) is 9.23 Å². The molecule has 1 radical (unpaired) electrons. The Balaban J connectivity index is -0.00000000643. The van der Waals surface area contributed by atoms with Crippen LogP contribution in [0.3, 0.4) is 0 Å². The molecule has 1 nitrogen and oxygen atoms in total. The molecule has 0 aromatic rings. The van der Waals surface area contributed by atoms with Crippen LogP contribution in [0.4, 0.5) is 0 Å². The Morgan fingerprint density at radius 3 is 1.27 bits per heavy atom. The summed E-state index contributed by atoms with van der Waals surface area (Å²) in [7, 11) is 1.70. The standard InChI is InChI=1S/C6H13O.7CH4.Y/c1-4-6(2)5-7-3;;;;;;;;/h6H,2,4-5H2,1,3H3;7*1H4;/q-1;;;;;;;;. The van der Waals surface area contributed by atoms with Crippen molar-refractivity contribution >= 4 is 0 Å². The van der Waals surface area contributed by atoms with Gasteiger partial charge in [-0.15, -0.1) is 5.92 Å². The summed E-state index contributed by atoms with van der Waals surface area (Å²) >= 11 is 0. The van der Waals surface area contributed by atoms with Crippen LogP contribution in [0.2, 0.25) is 0 Å². The van der Waals surface area contributed by atoms with Gasteiger partial charge in [-0.1, -0.05) is 65.3 Å². The Hall–Kier alpha value is 1.06. The molecule has 0 fully saturated rings. The zero-order chi connectivity index (χ0) is 5.70. The molecule has 103 valence electrons. The monoisotopic (exact) mass is 302 g/mol. The maximum absolute atomic E-state index is 4.83. The Labute approximate surface area is 129 Å². The molecule has 0 aliphatic carbocycles. The van der Waals surface area contributed by atoms with Crippen LogP contribution in [-0.2, 0) is 37.4 Å². The molecule has 0 aromatic heterocycles. The summed E-state index contributed by atoms with van der Waals surface area (Å²) in [5.41, 5.74) is 0. The van der Waals surface area contributed by atoms with Crippen molar-refractivity contribution < 1.29 is 37.4 Å². The average molecular weight is 302 g/mol. The van der Waals surface area contributed by atoms with Crippen molar-refractivity contribution in [2.24, 2.45) is 5.92 Å². The van der Waals surface area contributed by atoms with Crippen molar-refractivity contribution in [1.29, 1.82) is 0 Å². The van der Waals surface area contributed by atoms with Crippen LogP contribution in [0.25, 0.3) is 0 Å². The third kappa shape index (κ3) is 69.9. The summed E-state index contributed by atoms with van der Waals surface area (Å²) in [6.45, 7) is 6.72. The van der Waals surface area contributed by atoms with Crippen molar-refractivity contribution in [3.63, 3.8) is 0 Å². The van der Waals surface area contributed by atoms with E-state index in [1.807, 2.05) is 0 Å². The normalized spacial score (nSPS) is 6.60. The number of hydrogen-bond acceptors (Lipinski definition) is 1. The molecule has 1 unspecified atom stereocenters. The predicted molar refractivity (Wildman–Crippen MR) is 78.1 cm³/mol. The summed E-state index contributed by atoms with van der Waals surface area (Å²) in [6.07, 6.45) is 1.10. The van der Waals surface area contributed by atoms with E-state index in [1.165, 1.54) is 0 Å². The van der Waals surface area contributed by atoms with Gasteiger partial charge in [0.2, 0.25) is 0 Å². The first-order chi connectivity index (χ1) is 3.31. The number of ether oxygens (including phenoxy) is 1. The molecule has 0 spiro atoms. The fourth-order valence-corrected chi connectivity index (χ4v) is 0.354. The third-order valence-electron chi connectivity index (χ3n) is 0.980. The number of methoxy groups -OCH3 is 1. The SMILES string of the molecule is C.C.C.C.C.C.C.[CH2-]C(CC)COC.[Y]. The van der Waals surface area contributed by atoms with E-state index < -0.39 is 0 Å². The van der Waals surface area contributed by atoms with Crippen LogP contribution in [0, 0.1) is 12.8 Å². The van der Waals surface area contributed by atoms with Crippen LogP contribution in [-0.4, -0.2) is 13.7 Å². The fourth-order valence-electron chi connectivity index (χ4n) is 0.354. The molecule has 0 aliphatic rings. The van der Waals surface area contributed by atoms with Crippen molar-refractivity contribution in [3.05, 3.63) is 6.92 Å². The molecule has 0 aliphatic heterocycles. The van der Waals surface area contributed by atoms with Gasteiger partial charge in [0, 0.05) is 46.4 Å². The molecule has 0 saturated heterocycles. The van der Waals surface area contributed by atoms with Gasteiger partial charge in [-0.2, -0.15) is 0 Å². The van der Waals surface area contributed by atoms with Crippen LogP contribution in [0.5, 0.6) is 0 Å². The van der Waals surface area contributed by atoms with Crippen molar-refractivity contribution in [1.82, 2.24) is 0 Å². The molecule has 0 aromatic carbocycles. The van der Waals surface area contributed by atoms with E-state index in [0.29, 0.717) is 5.92 Å². The van der Waals surface area contributed by atoms with E-state index >= 15 is 0 Å². The van der Waals surface area contributed by atoms with E-state index in [2.05, 4.69) is 13.8 Å². The summed E-state index contributed by atoms with van der Waals surface area (Å²) < 4.78 is 4.83. The van der Waals surface area contributed by atoms with E-state index in [1.54, 1.807) is 7.11 Å². The van der Waals surface area contributed by atoms with Crippen LogP contribution < -0.4 is 0 Å². The second kappa shape index (κ2) is 59.7. The summed E-state index contributed by atoms with van der Waals surface area (Å²) in [5.74, 6) is 0.477. The first-order valence-corrected chi connectivity index (χ1v) is 2.63. The van der Waals surface area contributed by atoms with E-state index in [9.17, 15) is 0 Å². The largest absolute Gasteiger partial charge is 0.387 e. The van der Waals surface area contributed by atoms with E-state index in [4.69, 9.17) is 4.74 Å². The Morgan fingerprint density at radius 1 is 0.933 bits per heavy atom. The van der Waals surface area contributed by atoms with Crippen LogP contribution >= 0.6 is 0 Å². The molecule has 2 heteroatoms. The summed E-state index contributed by atoms with van der Waals surface area (Å²) in [4.78, 5) is 0. The van der Waals surface area contributed by atoms with Crippen LogP contribution in [0.15, 0.2) is 0 Å². The van der Waals surface area contributed by atoms with Gasteiger partial charge in [-0.25, -0.2) is 0 Å². The summed E-state index contributed by atoms with van der Waals surface area (Å²) in [5, 5.41) is 0. The smallest absolute Gasteiger partial charge is 0.0353 e. The van der Waals surface area contributed by atoms with Gasteiger partial charge in [-0.05, 0) is 0 Å². The second-order valence-corrected chi connectivity index (χ2v) is 1.73. The maximum Gasteiger partial charge on any atom is 0.0353 e. The van der Waals surface area contributed by atoms with Crippen molar-refractivity contribution in [2.45, 2.75) is 65.3 Å². The molecule has 0 rings (SSSR count). The van der Waals surface area contributed by atoms with Gasteiger partial charge in [0.15, 0.2) is 0 Å². The molecule has 0 heterocycles. The Bertz CT molecular complexity index is 41.5. The minimum absolute atomic E-state index is 0. The first-order valence-electron chi connectivity index (χ1n) is 2.63. The molecular weight excluding hydrogens is 261 g/mol. The Kier molecular flexibility index (Phi) is 291. The molecule has 0 N–H and O–H groups in total. The minimum atomic E-state index is 0. The number of hydrogen-bond donors (Lipinski definition) is 0. The second-order valence-electron chi connectivity index (χ2n) is 1.73. The van der Waals surface area contributed by atoms with Gasteiger partial charge in [0.05, 0.1) is 0 Å². The maximum atomic E-state index is 4.83. The average Bonchev–Trinajstić information content (AvgIpc) is 1.68. The molecular formula is C13H41OY-. The molecule has 15 heavy (non-hydrogen) atoms. The minimum Gasteiger partial charge on any atom is -0.387 e. The first kappa shape index (κ1) is 73.1. The zero-order valence-corrected chi connectivity index (χ0v) is 8.52. The third-order valence-corrected chi connectivity index (χ3v) is 0.980. The summed E-state index contributed by atoms with van der Waals surface area (Å²) in [6, 6.07) is 0. The predicted octanol–water partition coefficient (Wildman–Crippen LogP) is 5.94. The zero-order valence-electron chi connectivity index (χ0n) is 5.68. The van der Waals surface area contributed by atoms with Gasteiger partial charge in [0.25, 0.3) is 0 Å². The molecule has 1 atom stereocenters. The van der Waals surface area contributed by atoms with E-state index in [0.717, 1.165) is 13.0 Å². The van der Waals surface area contributed by atoms with Gasteiger partial charge in [-0.3, -0.25) is 0 Å². The Morgan fingerprint density at radius 2 is 1.20 bits per heavy atom. The molecule has 0 bridgehead atoms. The van der Waals surface area contributed by atoms with Gasteiger partial charge < -0.3 is 11.7 Å². The fraction of sp³-hybridized carbons (Fsp3) is 0.923.